The van der Waals surface area contributed by atoms with Gasteiger partial charge in [-0.1, -0.05) is 91.0 Å². The minimum Gasteiger partial charge on any atom is -0.381 e. The lowest BCUT2D eigenvalue weighted by Crippen LogP contribution is -2.40. The van der Waals surface area contributed by atoms with Crippen molar-refractivity contribution in [2.45, 2.75) is 6.92 Å². The van der Waals surface area contributed by atoms with Crippen LogP contribution in [0.3, 0.4) is 0 Å². The molecule has 0 bridgehead atoms. The summed E-state index contributed by atoms with van der Waals surface area (Å²) >= 11 is 0. The van der Waals surface area contributed by atoms with Crippen LogP contribution in [0, 0.1) is 0 Å². The summed E-state index contributed by atoms with van der Waals surface area (Å²) in [6.45, 7) is 6.47. The van der Waals surface area contributed by atoms with Crippen LogP contribution in [0.15, 0.2) is 128 Å². The quantitative estimate of drug-likeness (QED) is 0.134. The fraction of sp³-hybridized carbons (Fsp3) is 0.0556. The first-order valence-electron chi connectivity index (χ1n) is 13.3. The van der Waals surface area contributed by atoms with Gasteiger partial charge >= 0.3 is 0 Å². The lowest BCUT2D eigenvalue weighted by Gasteiger charge is -2.28. The second kappa shape index (κ2) is 10.5. The van der Waals surface area contributed by atoms with Crippen LogP contribution >= 0.6 is 0 Å². The summed E-state index contributed by atoms with van der Waals surface area (Å²) in [5.74, 6) is -0.646. The second-order valence-electron chi connectivity index (χ2n) is 9.78. The van der Waals surface area contributed by atoms with E-state index in [0.29, 0.717) is 28.7 Å². The van der Waals surface area contributed by atoms with Crippen LogP contribution in [0.2, 0.25) is 0 Å². The monoisotopic (exact) mass is 520 g/mol. The maximum atomic E-state index is 13.7. The average Bonchev–Trinajstić information content (AvgIpc) is 3.01. The highest BCUT2D eigenvalue weighted by molar-refractivity contribution is 6.36. The number of rotatable bonds is 7. The van der Waals surface area contributed by atoms with Crippen molar-refractivity contribution in [1.82, 2.24) is 0 Å². The molecule has 6 rings (SSSR count). The summed E-state index contributed by atoms with van der Waals surface area (Å²) in [6.07, 6.45) is 1.77. The molecule has 0 aliphatic carbocycles. The zero-order chi connectivity index (χ0) is 27.6. The molecule has 194 valence electrons. The molecule has 5 aromatic carbocycles. The van der Waals surface area contributed by atoms with E-state index in [1.54, 1.807) is 18.2 Å². The van der Waals surface area contributed by atoms with E-state index < -0.39 is 0 Å². The normalized spacial score (nSPS) is 13.3. The summed E-state index contributed by atoms with van der Waals surface area (Å²) in [6, 6.07) is 37.5. The van der Waals surface area contributed by atoms with Crippen molar-refractivity contribution in [3.05, 3.63) is 156 Å². The van der Waals surface area contributed by atoms with E-state index in [-0.39, 0.29) is 11.8 Å². The van der Waals surface area contributed by atoms with Gasteiger partial charge in [-0.25, -0.2) is 4.90 Å². The minimum atomic E-state index is -0.323. The van der Waals surface area contributed by atoms with Gasteiger partial charge in [-0.2, -0.15) is 0 Å². The number of nitrogens with one attached hydrogen (secondary N) is 1. The molecule has 4 nitrogen and oxygen atoms in total. The highest BCUT2D eigenvalue weighted by Crippen LogP contribution is 2.37. The molecule has 1 N–H and O–H groups in total. The lowest BCUT2D eigenvalue weighted by molar-refractivity contribution is 0.0893. The van der Waals surface area contributed by atoms with E-state index >= 15 is 0 Å². The number of carbonyl (C=O) groups excluding carboxylic acids is 2. The summed E-state index contributed by atoms with van der Waals surface area (Å²) in [5.41, 5.74) is 7.94. The van der Waals surface area contributed by atoms with Gasteiger partial charge in [0.1, 0.15) is 0 Å². The van der Waals surface area contributed by atoms with Gasteiger partial charge in [0.25, 0.3) is 11.8 Å². The van der Waals surface area contributed by atoms with Crippen LogP contribution in [0.4, 0.5) is 11.4 Å². The van der Waals surface area contributed by atoms with Gasteiger partial charge in [0.2, 0.25) is 0 Å². The van der Waals surface area contributed by atoms with Gasteiger partial charge in [0.15, 0.2) is 0 Å². The van der Waals surface area contributed by atoms with E-state index in [1.807, 2.05) is 78.9 Å². The maximum Gasteiger partial charge on any atom is 0.265 e. The molecule has 0 saturated heterocycles. The molecule has 0 atom stereocenters. The van der Waals surface area contributed by atoms with Crippen molar-refractivity contribution in [1.29, 1.82) is 0 Å². The third kappa shape index (κ3) is 4.30. The minimum absolute atomic E-state index is 0.323. The topological polar surface area (TPSA) is 49.4 Å². The smallest absolute Gasteiger partial charge is 0.265 e. The van der Waals surface area contributed by atoms with Gasteiger partial charge in [-0.05, 0) is 65.1 Å². The van der Waals surface area contributed by atoms with Crippen molar-refractivity contribution in [3.8, 4) is 0 Å². The Morgan fingerprint density at radius 3 is 1.95 bits per heavy atom. The van der Waals surface area contributed by atoms with E-state index in [2.05, 4.69) is 43.1 Å². The summed E-state index contributed by atoms with van der Waals surface area (Å²) in [4.78, 5) is 28.7. The predicted molar refractivity (Wildman–Crippen MR) is 165 cm³/mol. The fourth-order valence-electron chi connectivity index (χ4n) is 5.48. The zero-order valence-corrected chi connectivity index (χ0v) is 22.2. The van der Waals surface area contributed by atoms with E-state index in [0.717, 1.165) is 38.9 Å². The number of imide groups is 1. The molecule has 5 aromatic rings. The molecule has 40 heavy (non-hydrogen) atoms. The first-order valence-corrected chi connectivity index (χ1v) is 13.3. The van der Waals surface area contributed by atoms with Gasteiger partial charge in [0, 0.05) is 34.1 Å². The van der Waals surface area contributed by atoms with Crippen molar-refractivity contribution in [3.63, 3.8) is 0 Å². The highest BCUT2D eigenvalue weighted by atomic mass is 16.2. The number of hydrogen-bond donors (Lipinski definition) is 1. The maximum absolute atomic E-state index is 13.7. The lowest BCUT2D eigenvalue weighted by atomic mass is 9.90. The largest absolute Gasteiger partial charge is 0.381 e. The number of allylic oxidation sites excluding steroid dienone is 1. The Morgan fingerprint density at radius 1 is 0.700 bits per heavy atom. The Bertz CT molecular complexity index is 1760. The molecule has 0 spiro atoms. The number of carbonyl (C=O) groups is 2. The molecule has 0 aromatic heterocycles. The third-order valence-corrected chi connectivity index (χ3v) is 7.40. The molecular weight excluding hydrogens is 492 g/mol. The van der Waals surface area contributed by atoms with E-state index in [1.165, 1.54) is 4.90 Å². The van der Waals surface area contributed by atoms with Gasteiger partial charge < -0.3 is 5.32 Å². The van der Waals surface area contributed by atoms with Crippen LogP contribution in [0.25, 0.3) is 21.9 Å². The Balaban J connectivity index is 1.41. The number of anilines is 2. The van der Waals surface area contributed by atoms with Crippen LogP contribution in [0.1, 0.15) is 44.3 Å². The summed E-state index contributed by atoms with van der Waals surface area (Å²) in [7, 11) is 0. The second-order valence-corrected chi connectivity index (χ2v) is 9.78. The number of nitrogens with zero attached hydrogens (tertiary/aromatic N) is 1. The zero-order valence-electron chi connectivity index (χ0n) is 22.2. The Hall–Kier alpha value is -5.22. The molecule has 4 heteroatoms. The summed E-state index contributed by atoms with van der Waals surface area (Å²) in [5, 5.41) is 4.84. The molecule has 0 unspecified atom stereocenters. The number of hydrogen-bond acceptors (Lipinski definition) is 3. The highest BCUT2D eigenvalue weighted by Gasteiger charge is 2.34. The molecule has 2 amide bonds. The van der Waals surface area contributed by atoms with Gasteiger partial charge in [-0.15, -0.1) is 6.58 Å². The average molecular weight is 521 g/mol. The standard InChI is InChI=1S/C36H28N2O2/c1-3-23-37-32-22-21-31-34-29(32)15-10-16-30(34)35(39)38(36(31)40)28-19-17-27(18-20-28)33(26-13-8-5-9-14-26)24(2)25-11-6-4-7-12-25/h3-22,37H,1,23H2,2H3/b33-24+. The Kier molecular flexibility index (Phi) is 6.59. The van der Waals surface area contributed by atoms with Crippen LogP contribution < -0.4 is 10.2 Å². The molecule has 0 saturated carbocycles. The summed E-state index contributed by atoms with van der Waals surface area (Å²) < 4.78 is 0. The molecule has 0 fully saturated rings. The SMILES string of the molecule is C=CCNc1ccc2c3c(cccc13)C(=O)N(c1ccc(/C(=C(\C)c3ccccc3)c3ccccc3)cc1)C2=O. The molecule has 0 radical (unpaired) electrons. The van der Waals surface area contributed by atoms with Crippen molar-refractivity contribution >= 4 is 45.1 Å². The van der Waals surface area contributed by atoms with Gasteiger partial charge in [0.05, 0.1) is 5.69 Å². The van der Waals surface area contributed by atoms with Crippen molar-refractivity contribution < 1.29 is 9.59 Å². The fourth-order valence-corrected chi connectivity index (χ4v) is 5.48. The van der Waals surface area contributed by atoms with Crippen LogP contribution in [0.5, 0.6) is 0 Å². The molecule has 1 aliphatic rings. The van der Waals surface area contributed by atoms with E-state index in [4.69, 9.17) is 0 Å². The number of benzene rings is 5. The molecule has 1 aliphatic heterocycles. The van der Waals surface area contributed by atoms with Gasteiger partial charge in [-0.3, -0.25) is 9.59 Å². The number of amides is 2. The predicted octanol–water partition coefficient (Wildman–Crippen LogP) is 8.22. The molecule has 1 heterocycles. The van der Waals surface area contributed by atoms with Crippen molar-refractivity contribution in [2.24, 2.45) is 0 Å². The first kappa shape index (κ1) is 25.1. The Labute approximate surface area is 233 Å². The third-order valence-electron chi connectivity index (χ3n) is 7.40. The molecular formula is C36H28N2O2. The first-order chi connectivity index (χ1) is 19.6. The van der Waals surface area contributed by atoms with Crippen LogP contribution in [-0.2, 0) is 0 Å². The van der Waals surface area contributed by atoms with E-state index in [9.17, 15) is 9.59 Å². The Morgan fingerprint density at radius 2 is 1.30 bits per heavy atom. The van der Waals surface area contributed by atoms with Crippen LogP contribution in [-0.4, -0.2) is 18.4 Å². The van der Waals surface area contributed by atoms with Crippen molar-refractivity contribution in [2.75, 3.05) is 16.8 Å².